The molecule has 20 heavy (non-hydrogen) atoms. The van der Waals surface area contributed by atoms with Gasteiger partial charge in [0.2, 0.25) is 0 Å². The van der Waals surface area contributed by atoms with Crippen LogP contribution >= 0.6 is 11.6 Å². The summed E-state index contributed by atoms with van der Waals surface area (Å²) in [5.74, 6) is -0.568. The molecule has 0 unspecified atom stereocenters. The van der Waals surface area contributed by atoms with Gasteiger partial charge in [-0.1, -0.05) is 23.7 Å². The molecule has 0 aliphatic carbocycles. The van der Waals surface area contributed by atoms with E-state index in [-0.39, 0.29) is 18.2 Å². The van der Waals surface area contributed by atoms with E-state index in [0.717, 1.165) is 12.8 Å². The summed E-state index contributed by atoms with van der Waals surface area (Å²) >= 11 is 6.05. The molecule has 1 amide bonds. The highest BCUT2D eigenvalue weighted by molar-refractivity contribution is 6.33. The number of halogens is 1. The number of carboxylic acid groups (broad SMARTS) is 1. The molecule has 0 radical (unpaired) electrons. The minimum absolute atomic E-state index is 0.0596. The predicted octanol–water partition coefficient (Wildman–Crippen LogP) is 3.06. The topological polar surface area (TPSA) is 57.6 Å². The molecule has 1 atom stereocenters. The smallest absolute Gasteiger partial charge is 0.303 e. The van der Waals surface area contributed by atoms with E-state index in [0.29, 0.717) is 30.1 Å². The monoisotopic (exact) mass is 295 g/mol. The maximum absolute atomic E-state index is 12.4. The first kappa shape index (κ1) is 14.9. The number of carboxylic acids is 1. The fourth-order valence-corrected chi connectivity index (χ4v) is 2.83. The zero-order chi connectivity index (χ0) is 14.5. The number of hydrogen-bond donors (Lipinski definition) is 1. The predicted molar refractivity (Wildman–Crippen MR) is 76.9 cm³/mol. The van der Waals surface area contributed by atoms with Crippen molar-refractivity contribution in [1.29, 1.82) is 0 Å². The third kappa shape index (κ3) is 3.73. The molecule has 108 valence electrons. The van der Waals surface area contributed by atoms with Gasteiger partial charge in [0.25, 0.3) is 5.91 Å². The molecule has 4 nitrogen and oxygen atoms in total. The van der Waals surface area contributed by atoms with E-state index >= 15 is 0 Å². The molecule has 1 aromatic carbocycles. The van der Waals surface area contributed by atoms with Crippen molar-refractivity contribution in [1.82, 2.24) is 4.90 Å². The molecular formula is C15H18ClNO3. The Bertz CT molecular complexity index is 504. The van der Waals surface area contributed by atoms with E-state index in [4.69, 9.17) is 16.7 Å². The van der Waals surface area contributed by atoms with Gasteiger partial charge in [0, 0.05) is 19.5 Å². The second-order valence-electron chi connectivity index (χ2n) is 5.17. The van der Waals surface area contributed by atoms with Crippen molar-refractivity contribution < 1.29 is 14.7 Å². The molecule has 1 aliphatic heterocycles. The van der Waals surface area contributed by atoms with Crippen LogP contribution < -0.4 is 0 Å². The van der Waals surface area contributed by atoms with Crippen molar-refractivity contribution in [2.75, 3.05) is 13.1 Å². The van der Waals surface area contributed by atoms with E-state index in [2.05, 4.69) is 0 Å². The molecular weight excluding hydrogens is 278 g/mol. The van der Waals surface area contributed by atoms with Gasteiger partial charge in [0.05, 0.1) is 10.6 Å². The van der Waals surface area contributed by atoms with Gasteiger partial charge in [-0.05, 0) is 37.3 Å². The highest BCUT2D eigenvalue weighted by atomic mass is 35.5. The Morgan fingerprint density at radius 3 is 2.80 bits per heavy atom. The highest BCUT2D eigenvalue weighted by Gasteiger charge is 2.25. The Kier molecular flexibility index (Phi) is 5.01. The van der Waals surface area contributed by atoms with Crippen LogP contribution in [0.1, 0.15) is 36.0 Å². The lowest BCUT2D eigenvalue weighted by molar-refractivity contribution is -0.137. The highest BCUT2D eigenvalue weighted by Crippen LogP contribution is 2.24. The number of amides is 1. The van der Waals surface area contributed by atoms with E-state index in [1.807, 2.05) is 0 Å². The Labute approximate surface area is 123 Å². The Morgan fingerprint density at radius 1 is 1.35 bits per heavy atom. The molecule has 1 fully saturated rings. The van der Waals surface area contributed by atoms with Crippen LogP contribution in [0.3, 0.4) is 0 Å². The summed E-state index contributed by atoms with van der Waals surface area (Å²) in [5.41, 5.74) is 0.521. The molecule has 5 heteroatoms. The number of carbonyl (C=O) groups excluding carboxylic acids is 1. The normalized spacial score (nSPS) is 18.9. The minimum atomic E-state index is -0.778. The van der Waals surface area contributed by atoms with Gasteiger partial charge in [-0.15, -0.1) is 0 Å². The van der Waals surface area contributed by atoms with Crippen LogP contribution in [0.4, 0.5) is 0 Å². The molecule has 0 aromatic heterocycles. The van der Waals surface area contributed by atoms with Gasteiger partial charge in [-0.3, -0.25) is 9.59 Å². The number of rotatable bonds is 4. The number of carbonyl (C=O) groups is 2. The summed E-state index contributed by atoms with van der Waals surface area (Å²) in [4.78, 5) is 24.8. The standard InChI is InChI=1S/C15H18ClNO3/c16-13-6-2-1-5-12(13)15(20)17-9-3-4-11(10-17)7-8-14(18)19/h1-2,5-6,11H,3-4,7-10H2,(H,18,19)/t11-/m0/s1. The number of aliphatic carboxylic acids is 1. The van der Waals surface area contributed by atoms with Crippen LogP contribution in [0.2, 0.25) is 5.02 Å². The number of nitrogens with zero attached hydrogens (tertiary/aromatic N) is 1. The van der Waals surface area contributed by atoms with Gasteiger partial charge in [0.1, 0.15) is 0 Å². The van der Waals surface area contributed by atoms with Crippen molar-refractivity contribution >= 4 is 23.5 Å². The van der Waals surface area contributed by atoms with Crippen molar-refractivity contribution in [3.8, 4) is 0 Å². The van der Waals surface area contributed by atoms with Crippen LogP contribution in [0, 0.1) is 5.92 Å². The number of piperidine rings is 1. The lowest BCUT2D eigenvalue weighted by Gasteiger charge is -2.32. The van der Waals surface area contributed by atoms with Gasteiger partial charge in [0.15, 0.2) is 0 Å². The Balaban J connectivity index is 2.00. The lowest BCUT2D eigenvalue weighted by atomic mass is 9.93. The lowest BCUT2D eigenvalue weighted by Crippen LogP contribution is -2.40. The first-order chi connectivity index (χ1) is 9.58. The minimum Gasteiger partial charge on any atom is -0.481 e. The maximum atomic E-state index is 12.4. The van der Waals surface area contributed by atoms with Crippen LogP contribution in [-0.2, 0) is 4.79 Å². The zero-order valence-electron chi connectivity index (χ0n) is 11.2. The average molecular weight is 296 g/mol. The average Bonchev–Trinajstić information content (AvgIpc) is 2.45. The van der Waals surface area contributed by atoms with E-state index in [9.17, 15) is 9.59 Å². The molecule has 1 heterocycles. The zero-order valence-corrected chi connectivity index (χ0v) is 12.0. The summed E-state index contributed by atoms with van der Waals surface area (Å²) < 4.78 is 0. The summed E-state index contributed by atoms with van der Waals surface area (Å²) in [6.07, 6.45) is 2.69. The molecule has 1 aliphatic rings. The van der Waals surface area contributed by atoms with Crippen LogP contribution in [-0.4, -0.2) is 35.0 Å². The maximum Gasteiger partial charge on any atom is 0.303 e. The van der Waals surface area contributed by atoms with Crippen LogP contribution in [0.5, 0.6) is 0 Å². The summed E-state index contributed by atoms with van der Waals surface area (Å²) in [5, 5.41) is 9.20. The number of benzene rings is 1. The largest absolute Gasteiger partial charge is 0.481 e. The second-order valence-corrected chi connectivity index (χ2v) is 5.58. The van der Waals surface area contributed by atoms with Gasteiger partial charge in [-0.25, -0.2) is 0 Å². The Morgan fingerprint density at radius 2 is 2.10 bits per heavy atom. The van der Waals surface area contributed by atoms with E-state index in [1.165, 1.54) is 0 Å². The van der Waals surface area contributed by atoms with Gasteiger partial charge in [-0.2, -0.15) is 0 Å². The fraction of sp³-hybridized carbons (Fsp3) is 0.467. The van der Waals surface area contributed by atoms with Crippen molar-refractivity contribution in [2.24, 2.45) is 5.92 Å². The molecule has 0 bridgehead atoms. The molecule has 1 N–H and O–H groups in total. The molecule has 2 rings (SSSR count). The summed E-state index contributed by atoms with van der Waals surface area (Å²) in [7, 11) is 0. The van der Waals surface area contributed by atoms with Gasteiger partial charge >= 0.3 is 5.97 Å². The molecule has 1 saturated heterocycles. The summed E-state index contributed by atoms with van der Waals surface area (Å²) in [6, 6.07) is 7.03. The first-order valence-electron chi connectivity index (χ1n) is 6.83. The van der Waals surface area contributed by atoms with Crippen LogP contribution in [0.25, 0.3) is 0 Å². The first-order valence-corrected chi connectivity index (χ1v) is 7.21. The van der Waals surface area contributed by atoms with E-state index < -0.39 is 5.97 Å². The van der Waals surface area contributed by atoms with Gasteiger partial charge < -0.3 is 10.0 Å². The molecule has 0 spiro atoms. The molecule has 0 saturated carbocycles. The number of likely N-dealkylation sites (tertiary alicyclic amines) is 1. The summed E-state index contributed by atoms with van der Waals surface area (Å²) in [6.45, 7) is 1.34. The Hall–Kier alpha value is -1.55. The van der Waals surface area contributed by atoms with Crippen molar-refractivity contribution in [3.05, 3.63) is 34.9 Å². The fourth-order valence-electron chi connectivity index (χ4n) is 2.62. The van der Waals surface area contributed by atoms with Crippen LogP contribution in [0.15, 0.2) is 24.3 Å². The second kappa shape index (κ2) is 6.75. The number of hydrogen-bond acceptors (Lipinski definition) is 2. The quantitative estimate of drug-likeness (QED) is 0.929. The van der Waals surface area contributed by atoms with Crippen molar-refractivity contribution in [2.45, 2.75) is 25.7 Å². The third-order valence-corrected chi connectivity index (χ3v) is 4.01. The molecule has 1 aromatic rings. The van der Waals surface area contributed by atoms with E-state index in [1.54, 1.807) is 29.2 Å². The SMILES string of the molecule is O=C(O)CC[C@@H]1CCCN(C(=O)c2ccccc2Cl)C1. The third-order valence-electron chi connectivity index (χ3n) is 3.68. The van der Waals surface area contributed by atoms with Crippen molar-refractivity contribution in [3.63, 3.8) is 0 Å².